The lowest BCUT2D eigenvalue weighted by Gasteiger charge is -2.45. The molecule has 0 bridgehead atoms. The molecule has 0 atom stereocenters. The van der Waals surface area contributed by atoms with Crippen LogP contribution in [0.4, 0.5) is 0 Å². The number of nitriles is 2. The van der Waals surface area contributed by atoms with Crippen LogP contribution < -0.4 is 0 Å². The highest BCUT2D eigenvalue weighted by atomic mass is 15.3. The Hall–Kier alpha value is -1.30. The van der Waals surface area contributed by atoms with Gasteiger partial charge in [-0.1, -0.05) is 13.8 Å². The summed E-state index contributed by atoms with van der Waals surface area (Å²) in [5.41, 5.74) is 0.478. The monoisotopic (exact) mass is 361 g/mol. The minimum absolute atomic E-state index is 0.478. The molecule has 0 N–H and O–H groups in total. The summed E-state index contributed by atoms with van der Waals surface area (Å²) in [6.45, 7) is 17.0. The van der Waals surface area contributed by atoms with Gasteiger partial charge in [-0.2, -0.15) is 10.5 Å². The zero-order chi connectivity index (χ0) is 19.6. The molecule has 0 radical (unpaired) electrons. The molecule has 2 saturated heterocycles. The molecule has 1 aliphatic carbocycles. The second-order valence-electron chi connectivity index (χ2n) is 7.89. The quantitative estimate of drug-likeness (QED) is 0.702. The minimum atomic E-state index is 0.478. The van der Waals surface area contributed by atoms with Crippen molar-refractivity contribution in [2.75, 3.05) is 39.3 Å². The van der Waals surface area contributed by atoms with Gasteiger partial charge in [0, 0.05) is 58.3 Å². The summed E-state index contributed by atoms with van der Waals surface area (Å²) < 4.78 is 0. The first-order valence-electron chi connectivity index (χ1n) is 10.5. The van der Waals surface area contributed by atoms with Gasteiger partial charge in [-0.15, -0.1) is 0 Å². The van der Waals surface area contributed by atoms with E-state index in [1.54, 1.807) is 6.07 Å². The van der Waals surface area contributed by atoms with Crippen LogP contribution in [0.15, 0.2) is 0 Å². The largest absolute Gasteiger partial charge is 0.310 e. The number of hydrogen-bond acceptors (Lipinski definition) is 5. The molecule has 5 nitrogen and oxygen atoms in total. The fourth-order valence-corrected chi connectivity index (χ4v) is 4.63. The average molecular weight is 362 g/mol. The molecule has 3 rings (SSSR count). The zero-order valence-electron chi connectivity index (χ0n) is 17.7. The van der Waals surface area contributed by atoms with Gasteiger partial charge < -0.3 is 4.90 Å². The van der Waals surface area contributed by atoms with E-state index in [1.807, 2.05) is 18.7 Å². The van der Waals surface area contributed by atoms with E-state index >= 15 is 0 Å². The molecule has 3 aliphatic rings. The van der Waals surface area contributed by atoms with Gasteiger partial charge >= 0.3 is 0 Å². The Balaban J connectivity index is 0.000000615. The topological polar surface area (TPSA) is 57.3 Å². The summed E-state index contributed by atoms with van der Waals surface area (Å²) in [4.78, 5) is 7.31. The van der Waals surface area contributed by atoms with Crippen LogP contribution in [0.5, 0.6) is 0 Å². The van der Waals surface area contributed by atoms with Gasteiger partial charge in [0.15, 0.2) is 6.19 Å². The van der Waals surface area contributed by atoms with E-state index in [4.69, 9.17) is 10.5 Å². The Kier molecular flexibility index (Phi) is 9.99. The minimum Gasteiger partial charge on any atom is -0.310 e. The Morgan fingerprint density at radius 3 is 1.88 bits per heavy atom. The molecule has 0 amide bonds. The summed E-state index contributed by atoms with van der Waals surface area (Å²) in [7, 11) is 0. The maximum Gasteiger partial charge on any atom is 0.179 e. The molecule has 3 fully saturated rings. The molecular formula is C21H39N5. The van der Waals surface area contributed by atoms with Gasteiger partial charge in [-0.3, -0.25) is 9.80 Å². The SMILES string of the molecule is CC.CC#N.CC(C)N1CCN(C2CCC3(CC2)CCN(C#N)C3)CC1. The van der Waals surface area contributed by atoms with Crippen molar-refractivity contribution in [3.8, 4) is 12.3 Å². The third-order valence-corrected chi connectivity index (χ3v) is 6.19. The van der Waals surface area contributed by atoms with Crippen LogP contribution in [0.1, 0.15) is 66.7 Å². The van der Waals surface area contributed by atoms with Gasteiger partial charge in [0.25, 0.3) is 0 Å². The van der Waals surface area contributed by atoms with E-state index in [9.17, 15) is 0 Å². The molecule has 0 aromatic heterocycles. The highest BCUT2D eigenvalue weighted by molar-refractivity contribution is 4.98. The van der Waals surface area contributed by atoms with Gasteiger partial charge in [0.2, 0.25) is 0 Å². The van der Waals surface area contributed by atoms with E-state index < -0.39 is 0 Å². The number of nitrogens with zero attached hydrogens (tertiary/aromatic N) is 5. The number of rotatable bonds is 2. The average Bonchev–Trinajstić information content (AvgIpc) is 3.08. The van der Waals surface area contributed by atoms with Crippen molar-refractivity contribution in [3.63, 3.8) is 0 Å². The molecular weight excluding hydrogens is 322 g/mol. The molecule has 5 heteroatoms. The molecule has 0 aromatic rings. The molecule has 26 heavy (non-hydrogen) atoms. The first kappa shape index (κ1) is 22.7. The fraction of sp³-hybridized carbons (Fsp3) is 0.905. The molecule has 0 aromatic carbocycles. The van der Waals surface area contributed by atoms with Crippen molar-refractivity contribution in [2.45, 2.75) is 78.8 Å². The predicted molar refractivity (Wildman–Crippen MR) is 107 cm³/mol. The van der Waals surface area contributed by atoms with Crippen LogP contribution in [0, 0.1) is 28.2 Å². The van der Waals surface area contributed by atoms with Crippen molar-refractivity contribution in [2.24, 2.45) is 5.41 Å². The van der Waals surface area contributed by atoms with Crippen LogP contribution >= 0.6 is 0 Å². The molecule has 1 saturated carbocycles. The first-order chi connectivity index (χ1) is 12.5. The Morgan fingerprint density at radius 2 is 1.46 bits per heavy atom. The molecule has 1 spiro atoms. The van der Waals surface area contributed by atoms with Crippen molar-refractivity contribution in [1.82, 2.24) is 14.7 Å². The zero-order valence-corrected chi connectivity index (χ0v) is 17.7. The van der Waals surface area contributed by atoms with E-state index in [2.05, 4.69) is 29.8 Å². The van der Waals surface area contributed by atoms with Gasteiger partial charge in [-0.25, -0.2) is 0 Å². The first-order valence-corrected chi connectivity index (χ1v) is 10.5. The number of piperazine rings is 1. The normalized spacial score (nSPS) is 29.2. The lowest BCUT2D eigenvalue weighted by molar-refractivity contribution is 0.0420. The third-order valence-electron chi connectivity index (χ3n) is 6.19. The van der Waals surface area contributed by atoms with Crippen LogP contribution in [0.3, 0.4) is 0 Å². The van der Waals surface area contributed by atoms with E-state index in [0.29, 0.717) is 11.5 Å². The summed E-state index contributed by atoms with van der Waals surface area (Å²) >= 11 is 0. The van der Waals surface area contributed by atoms with Crippen LogP contribution in [-0.2, 0) is 0 Å². The van der Waals surface area contributed by atoms with Crippen molar-refractivity contribution in [3.05, 3.63) is 0 Å². The summed E-state index contributed by atoms with van der Waals surface area (Å²) in [5, 5.41) is 16.4. The summed E-state index contributed by atoms with van der Waals surface area (Å²) in [6, 6.07) is 3.25. The molecule has 0 unspecified atom stereocenters. The lowest BCUT2D eigenvalue weighted by atomic mass is 9.71. The molecule has 2 heterocycles. The molecule has 148 valence electrons. The van der Waals surface area contributed by atoms with Gasteiger partial charge in [0.05, 0.1) is 6.07 Å². The standard InChI is InChI=1S/C17H30N4.C2H3N.C2H6/c1-15(2)20-9-11-21(12-10-20)16-3-5-17(6-4-16)7-8-19(13-17)14-18;1-2-3;1-2/h15-16H,3-13H2,1-2H3;1H3;1-2H3. The highest BCUT2D eigenvalue weighted by Crippen LogP contribution is 2.44. The fourth-order valence-electron chi connectivity index (χ4n) is 4.63. The second kappa shape index (κ2) is 11.4. The van der Waals surface area contributed by atoms with Crippen molar-refractivity contribution < 1.29 is 0 Å². The lowest BCUT2D eigenvalue weighted by Crippen LogP contribution is -2.53. The van der Waals surface area contributed by atoms with E-state index in [0.717, 1.165) is 19.1 Å². The Labute approximate surface area is 161 Å². The third kappa shape index (κ3) is 6.15. The van der Waals surface area contributed by atoms with Crippen LogP contribution in [0.2, 0.25) is 0 Å². The number of likely N-dealkylation sites (tertiary alicyclic amines) is 1. The summed E-state index contributed by atoms with van der Waals surface area (Å²) in [6.07, 6.45) is 8.95. The van der Waals surface area contributed by atoms with Gasteiger partial charge in [0.1, 0.15) is 0 Å². The highest BCUT2D eigenvalue weighted by Gasteiger charge is 2.42. The maximum absolute atomic E-state index is 9.07. The predicted octanol–water partition coefficient (Wildman–Crippen LogP) is 3.68. The van der Waals surface area contributed by atoms with E-state index in [-0.39, 0.29) is 0 Å². The Morgan fingerprint density at radius 1 is 0.923 bits per heavy atom. The maximum atomic E-state index is 9.07. The second-order valence-corrected chi connectivity index (χ2v) is 7.89. The van der Waals surface area contributed by atoms with Crippen molar-refractivity contribution in [1.29, 1.82) is 10.5 Å². The van der Waals surface area contributed by atoms with Crippen LogP contribution in [-0.4, -0.2) is 66.1 Å². The summed E-state index contributed by atoms with van der Waals surface area (Å²) in [5.74, 6) is 0. The van der Waals surface area contributed by atoms with Crippen molar-refractivity contribution >= 4 is 0 Å². The van der Waals surface area contributed by atoms with Crippen LogP contribution in [0.25, 0.3) is 0 Å². The van der Waals surface area contributed by atoms with Gasteiger partial charge in [-0.05, 0) is 51.4 Å². The van der Waals surface area contributed by atoms with E-state index in [1.165, 1.54) is 65.2 Å². The smallest absolute Gasteiger partial charge is 0.179 e. The molecule has 2 aliphatic heterocycles. The number of hydrogen-bond donors (Lipinski definition) is 0. The Bertz CT molecular complexity index is 460.